The van der Waals surface area contributed by atoms with Crippen LogP contribution in [0.3, 0.4) is 0 Å². The summed E-state index contributed by atoms with van der Waals surface area (Å²) >= 11 is 7.45. The van der Waals surface area contributed by atoms with Gasteiger partial charge in [-0.25, -0.2) is 0 Å². The maximum atomic E-state index is 13.4. The zero-order valence-electron chi connectivity index (χ0n) is 19.4. The minimum absolute atomic E-state index is 0.0862. The highest BCUT2D eigenvalue weighted by atomic mass is 35.5. The van der Waals surface area contributed by atoms with Crippen molar-refractivity contribution in [2.75, 3.05) is 10.6 Å². The average Bonchev–Trinajstić information content (AvgIpc) is 2.86. The number of rotatable bonds is 7. The molecule has 2 amide bonds. The molecule has 0 saturated heterocycles. The molecule has 0 aliphatic heterocycles. The molecule has 0 aliphatic rings. The number of hydrogen-bond donors (Lipinski definition) is 2. The molecule has 0 fully saturated rings. The minimum atomic E-state index is -0.442. The van der Waals surface area contributed by atoms with Crippen LogP contribution in [-0.4, -0.2) is 11.8 Å². The standard InChI is InChI=1S/C29H25ClN2O2S/c1-19-8-6-9-20(2)26(19)32-29(34)27(21-10-4-3-5-11-21)35-25-16-14-24(15-17-25)31-28(33)22-12-7-13-23(30)18-22/h3-18,27H,1-2H3,(H,31,33)(H,32,34). The number of para-hydroxylation sites is 1. The van der Waals surface area contributed by atoms with Crippen LogP contribution in [0, 0.1) is 13.8 Å². The van der Waals surface area contributed by atoms with Crippen molar-refractivity contribution in [1.29, 1.82) is 0 Å². The second-order valence-corrected chi connectivity index (χ2v) is 9.77. The van der Waals surface area contributed by atoms with E-state index in [1.165, 1.54) is 11.8 Å². The normalized spacial score (nSPS) is 11.5. The average molecular weight is 501 g/mol. The molecule has 0 bridgehead atoms. The molecular weight excluding hydrogens is 476 g/mol. The van der Waals surface area contributed by atoms with Gasteiger partial charge in [0, 0.05) is 26.9 Å². The lowest BCUT2D eigenvalue weighted by atomic mass is 10.1. The SMILES string of the molecule is Cc1cccc(C)c1NC(=O)C(Sc1ccc(NC(=O)c2cccc(Cl)c2)cc1)c1ccccc1. The van der Waals surface area contributed by atoms with Crippen LogP contribution in [0.1, 0.15) is 32.3 Å². The molecule has 35 heavy (non-hydrogen) atoms. The van der Waals surface area contributed by atoms with Gasteiger partial charge in [-0.2, -0.15) is 0 Å². The molecule has 1 unspecified atom stereocenters. The summed E-state index contributed by atoms with van der Waals surface area (Å²) in [7, 11) is 0. The van der Waals surface area contributed by atoms with Crippen molar-refractivity contribution in [3.05, 3.63) is 124 Å². The van der Waals surface area contributed by atoms with Crippen LogP contribution in [0.5, 0.6) is 0 Å². The topological polar surface area (TPSA) is 58.2 Å². The van der Waals surface area contributed by atoms with Crippen LogP contribution < -0.4 is 10.6 Å². The van der Waals surface area contributed by atoms with Crippen molar-refractivity contribution in [2.45, 2.75) is 24.0 Å². The Labute approximate surface area is 214 Å². The number of hydrogen-bond acceptors (Lipinski definition) is 3. The van der Waals surface area contributed by atoms with Gasteiger partial charge in [0.15, 0.2) is 0 Å². The van der Waals surface area contributed by atoms with Gasteiger partial charge in [-0.05, 0) is 73.0 Å². The van der Waals surface area contributed by atoms with E-state index in [1.54, 1.807) is 24.3 Å². The second kappa shape index (κ2) is 11.3. The quantitative estimate of drug-likeness (QED) is 0.256. The van der Waals surface area contributed by atoms with Gasteiger partial charge in [-0.3, -0.25) is 9.59 Å². The zero-order chi connectivity index (χ0) is 24.8. The number of halogens is 1. The molecule has 4 nitrogen and oxygen atoms in total. The molecule has 0 radical (unpaired) electrons. The first-order chi connectivity index (χ1) is 16.9. The molecule has 4 rings (SSSR count). The van der Waals surface area contributed by atoms with Crippen molar-refractivity contribution in [3.8, 4) is 0 Å². The smallest absolute Gasteiger partial charge is 0.255 e. The Morgan fingerprint density at radius 2 is 1.43 bits per heavy atom. The highest BCUT2D eigenvalue weighted by Gasteiger charge is 2.23. The first-order valence-corrected chi connectivity index (χ1v) is 12.4. The number of carbonyl (C=O) groups excluding carboxylic acids is 2. The Balaban J connectivity index is 1.51. The Bertz CT molecular complexity index is 1320. The Kier molecular flexibility index (Phi) is 7.91. The molecule has 6 heteroatoms. The van der Waals surface area contributed by atoms with E-state index >= 15 is 0 Å². The number of carbonyl (C=O) groups is 2. The van der Waals surface area contributed by atoms with Gasteiger partial charge in [0.25, 0.3) is 5.91 Å². The number of aryl methyl sites for hydroxylation is 2. The van der Waals surface area contributed by atoms with E-state index in [1.807, 2.05) is 86.6 Å². The number of amides is 2. The molecular formula is C29H25ClN2O2S. The predicted octanol–water partition coefficient (Wildman–Crippen LogP) is 7.68. The van der Waals surface area contributed by atoms with Crippen LogP contribution in [0.4, 0.5) is 11.4 Å². The summed E-state index contributed by atoms with van der Waals surface area (Å²) in [6, 6.07) is 30.0. The van der Waals surface area contributed by atoms with E-state index < -0.39 is 5.25 Å². The molecule has 4 aromatic rings. The van der Waals surface area contributed by atoms with E-state index in [0.29, 0.717) is 16.3 Å². The number of thioether (sulfide) groups is 1. The first-order valence-electron chi connectivity index (χ1n) is 11.2. The molecule has 0 aromatic heterocycles. The Hall–Kier alpha value is -3.54. The number of benzene rings is 4. The molecule has 0 spiro atoms. The lowest BCUT2D eigenvalue weighted by Crippen LogP contribution is -2.20. The van der Waals surface area contributed by atoms with Gasteiger partial charge in [-0.15, -0.1) is 11.8 Å². The molecule has 0 heterocycles. The van der Waals surface area contributed by atoms with Crippen LogP contribution in [0.25, 0.3) is 0 Å². The fraction of sp³-hybridized carbons (Fsp3) is 0.103. The molecule has 0 saturated carbocycles. The highest BCUT2D eigenvalue weighted by Crippen LogP contribution is 2.37. The summed E-state index contributed by atoms with van der Waals surface area (Å²) in [6.45, 7) is 3.98. The van der Waals surface area contributed by atoms with E-state index in [4.69, 9.17) is 11.6 Å². The first kappa shape index (κ1) is 24.6. The van der Waals surface area contributed by atoms with Crippen molar-refractivity contribution < 1.29 is 9.59 Å². The van der Waals surface area contributed by atoms with Gasteiger partial charge in [-0.1, -0.05) is 66.2 Å². The minimum Gasteiger partial charge on any atom is -0.324 e. The fourth-order valence-electron chi connectivity index (χ4n) is 3.69. The van der Waals surface area contributed by atoms with Gasteiger partial charge in [0.2, 0.25) is 5.91 Å². The summed E-state index contributed by atoms with van der Waals surface area (Å²) in [6.07, 6.45) is 0. The van der Waals surface area contributed by atoms with Gasteiger partial charge in [0.05, 0.1) is 0 Å². The summed E-state index contributed by atoms with van der Waals surface area (Å²) in [5.74, 6) is -0.319. The third-order valence-corrected chi connectivity index (χ3v) is 7.02. The number of nitrogens with one attached hydrogen (secondary N) is 2. The van der Waals surface area contributed by atoms with Crippen LogP contribution in [-0.2, 0) is 4.79 Å². The lowest BCUT2D eigenvalue weighted by molar-refractivity contribution is -0.115. The fourth-order valence-corrected chi connectivity index (χ4v) is 4.90. The van der Waals surface area contributed by atoms with Gasteiger partial charge in [0.1, 0.15) is 5.25 Å². The molecule has 1 atom stereocenters. The van der Waals surface area contributed by atoms with Crippen LogP contribution in [0.2, 0.25) is 5.02 Å². The van der Waals surface area contributed by atoms with Crippen LogP contribution >= 0.6 is 23.4 Å². The monoisotopic (exact) mass is 500 g/mol. The molecule has 0 aliphatic carbocycles. The van der Waals surface area contributed by atoms with Crippen molar-refractivity contribution >= 4 is 46.6 Å². The number of anilines is 2. The maximum absolute atomic E-state index is 13.4. The van der Waals surface area contributed by atoms with Crippen LogP contribution in [0.15, 0.2) is 102 Å². The van der Waals surface area contributed by atoms with Gasteiger partial charge < -0.3 is 10.6 Å². The zero-order valence-corrected chi connectivity index (χ0v) is 21.0. The van der Waals surface area contributed by atoms with E-state index in [0.717, 1.165) is 27.3 Å². The van der Waals surface area contributed by atoms with E-state index in [-0.39, 0.29) is 11.8 Å². The van der Waals surface area contributed by atoms with Crippen molar-refractivity contribution in [3.63, 3.8) is 0 Å². The molecule has 4 aromatic carbocycles. The third kappa shape index (κ3) is 6.32. The Morgan fingerprint density at radius 1 is 0.771 bits per heavy atom. The van der Waals surface area contributed by atoms with Gasteiger partial charge >= 0.3 is 0 Å². The third-order valence-electron chi connectivity index (χ3n) is 5.52. The maximum Gasteiger partial charge on any atom is 0.255 e. The second-order valence-electron chi connectivity index (χ2n) is 8.15. The summed E-state index contributed by atoms with van der Waals surface area (Å²) in [5.41, 5.74) is 4.96. The lowest BCUT2D eigenvalue weighted by Gasteiger charge is -2.19. The largest absolute Gasteiger partial charge is 0.324 e. The van der Waals surface area contributed by atoms with Crippen molar-refractivity contribution in [1.82, 2.24) is 0 Å². The van der Waals surface area contributed by atoms with Crippen molar-refractivity contribution in [2.24, 2.45) is 0 Å². The Morgan fingerprint density at radius 3 is 2.09 bits per heavy atom. The molecule has 176 valence electrons. The summed E-state index contributed by atoms with van der Waals surface area (Å²) < 4.78 is 0. The molecule has 2 N–H and O–H groups in total. The predicted molar refractivity (Wildman–Crippen MR) is 145 cm³/mol. The summed E-state index contributed by atoms with van der Waals surface area (Å²) in [4.78, 5) is 26.8. The highest BCUT2D eigenvalue weighted by molar-refractivity contribution is 8.00. The van der Waals surface area contributed by atoms with E-state index in [9.17, 15) is 9.59 Å². The summed E-state index contributed by atoms with van der Waals surface area (Å²) in [5, 5.41) is 6.08. The van der Waals surface area contributed by atoms with E-state index in [2.05, 4.69) is 10.6 Å².